The largest absolute Gasteiger partial charge is 0.497 e. The van der Waals surface area contributed by atoms with E-state index in [1.807, 2.05) is 30.5 Å². The minimum atomic E-state index is -0.307. The van der Waals surface area contributed by atoms with Crippen molar-refractivity contribution in [2.75, 3.05) is 19.5 Å². The minimum Gasteiger partial charge on any atom is -0.497 e. The Morgan fingerprint density at radius 2 is 2.04 bits per heavy atom. The number of aryl methyl sites for hydroxylation is 2. The maximum atomic E-state index is 12.4. The van der Waals surface area contributed by atoms with E-state index in [0.717, 1.165) is 17.0 Å². The molecule has 7 nitrogen and oxygen atoms in total. The summed E-state index contributed by atoms with van der Waals surface area (Å²) in [4.78, 5) is 16.7. The predicted octanol–water partition coefficient (Wildman–Crippen LogP) is 3.12. The summed E-state index contributed by atoms with van der Waals surface area (Å²) in [6.07, 6.45) is 0. The third kappa shape index (κ3) is 3.48. The normalized spacial score (nSPS) is 10.6. The molecule has 0 aliphatic heterocycles. The number of hydrogen-bond acceptors (Lipinski definition) is 6. The van der Waals surface area contributed by atoms with Gasteiger partial charge in [0.15, 0.2) is 10.8 Å². The molecule has 130 valence electrons. The third-order valence-electron chi connectivity index (χ3n) is 3.63. The van der Waals surface area contributed by atoms with Crippen molar-refractivity contribution in [2.24, 2.45) is 7.05 Å². The number of aromatic nitrogens is 3. The molecule has 0 atom stereocenters. The highest BCUT2D eigenvalue weighted by molar-refractivity contribution is 7.13. The monoisotopic (exact) mass is 358 g/mol. The van der Waals surface area contributed by atoms with Crippen molar-refractivity contribution in [1.82, 2.24) is 14.8 Å². The van der Waals surface area contributed by atoms with Crippen LogP contribution in [0.15, 0.2) is 29.6 Å². The van der Waals surface area contributed by atoms with Crippen molar-refractivity contribution in [1.29, 1.82) is 0 Å². The first-order valence-electron chi connectivity index (χ1n) is 7.51. The van der Waals surface area contributed by atoms with Gasteiger partial charge in [0.05, 0.1) is 25.6 Å². The molecule has 2 aromatic heterocycles. The highest BCUT2D eigenvalue weighted by Crippen LogP contribution is 2.33. The molecular formula is C17H18N4O3S. The van der Waals surface area contributed by atoms with E-state index in [1.165, 1.54) is 11.3 Å². The van der Waals surface area contributed by atoms with Gasteiger partial charge in [-0.15, -0.1) is 11.3 Å². The average molecular weight is 358 g/mol. The lowest BCUT2D eigenvalue weighted by atomic mass is 10.1. The summed E-state index contributed by atoms with van der Waals surface area (Å²) in [7, 11) is 4.97. The minimum absolute atomic E-state index is 0.301. The Morgan fingerprint density at radius 1 is 1.24 bits per heavy atom. The Bertz CT molecular complexity index is 917. The quantitative estimate of drug-likeness (QED) is 0.758. The highest BCUT2D eigenvalue weighted by Gasteiger charge is 2.18. The molecule has 0 aliphatic carbocycles. The van der Waals surface area contributed by atoms with Crippen molar-refractivity contribution in [3.63, 3.8) is 0 Å². The van der Waals surface area contributed by atoms with E-state index in [9.17, 15) is 4.79 Å². The van der Waals surface area contributed by atoms with Crippen molar-refractivity contribution in [2.45, 2.75) is 6.92 Å². The van der Waals surface area contributed by atoms with Crippen LogP contribution in [0.4, 0.5) is 5.13 Å². The Labute approximate surface area is 149 Å². The van der Waals surface area contributed by atoms with Crippen LogP contribution in [0.25, 0.3) is 11.3 Å². The van der Waals surface area contributed by atoms with Gasteiger partial charge < -0.3 is 9.47 Å². The number of amides is 1. The molecule has 8 heteroatoms. The molecule has 3 aromatic rings. The summed E-state index contributed by atoms with van der Waals surface area (Å²) in [5.41, 5.74) is 2.70. The molecule has 3 rings (SSSR count). The molecule has 0 unspecified atom stereocenters. The number of carbonyl (C=O) groups is 1. The SMILES string of the molecule is COc1ccc(OC)c(-c2cc(C(=O)Nc3nc(C)cs3)nn2C)c1. The first-order chi connectivity index (χ1) is 12.0. The van der Waals surface area contributed by atoms with E-state index in [0.29, 0.717) is 22.3 Å². The fourth-order valence-electron chi connectivity index (χ4n) is 2.42. The number of nitrogens with one attached hydrogen (secondary N) is 1. The van der Waals surface area contributed by atoms with E-state index in [1.54, 1.807) is 32.0 Å². The Hall–Kier alpha value is -2.87. The lowest BCUT2D eigenvalue weighted by Gasteiger charge is -2.10. The number of anilines is 1. The lowest BCUT2D eigenvalue weighted by molar-refractivity contribution is 0.102. The van der Waals surface area contributed by atoms with Crippen LogP contribution in [-0.4, -0.2) is 34.9 Å². The number of methoxy groups -OCH3 is 2. The zero-order valence-electron chi connectivity index (χ0n) is 14.4. The molecule has 0 spiro atoms. The van der Waals surface area contributed by atoms with Crippen LogP contribution in [0.3, 0.4) is 0 Å². The average Bonchev–Trinajstić information content (AvgIpc) is 3.19. The Morgan fingerprint density at radius 3 is 2.68 bits per heavy atom. The number of thiazole rings is 1. The fourth-order valence-corrected chi connectivity index (χ4v) is 3.10. The summed E-state index contributed by atoms with van der Waals surface area (Å²) < 4.78 is 12.3. The molecule has 1 amide bonds. The van der Waals surface area contributed by atoms with Crippen LogP contribution in [0.2, 0.25) is 0 Å². The molecule has 1 aromatic carbocycles. The highest BCUT2D eigenvalue weighted by atomic mass is 32.1. The predicted molar refractivity (Wildman–Crippen MR) is 96.6 cm³/mol. The number of rotatable bonds is 5. The van der Waals surface area contributed by atoms with Gasteiger partial charge in [0, 0.05) is 18.0 Å². The van der Waals surface area contributed by atoms with Gasteiger partial charge in [-0.25, -0.2) is 4.98 Å². The zero-order valence-corrected chi connectivity index (χ0v) is 15.2. The summed E-state index contributed by atoms with van der Waals surface area (Å²) in [5, 5.41) is 9.49. The fraction of sp³-hybridized carbons (Fsp3) is 0.235. The third-order valence-corrected chi connectivity index (χ3v) is 4.51. The van der Waals surface area contributed by atoms with E-state index in [4.69, 9.17) is 9.47 Å². The first-order valence-corrected chi connectivity index (χ1v) is 8.39. The molecule has 1 N–H and O–H groups in total. The standard InChI is InChI=1S/C17H18N4O3S/c1-10-9-25-17(18-10)19-16(22)13-8-14(21(2)20-13)12-7-11(23-3)5-6-15(12)24-4/h5-9H,1-4H3,(H,18,19,22). The van der Waals surface area contributed by atoms with Crippen LogP contribution in [0.5, 0.6) is 11.5 Å². The molecule has 0 saturated heterocycles. The van der Waals surface area contributed by atoms with Gasteiger partial charge >= 0.3 is 0 Å². The van der Waals surface area contributed by atoms with Gasteiger partial charge in [-0.05, 0) is 31.2 Å². The molecular weight excluding hydrogens is 340 g/mol. The molecule has 0 aliphatic rings. The van der Waals surface area contributed by atoms with Crippen molar-refractivity contribution in [3.8, 4) is 22.8 Å². The van der Waals surface area contributed by atoms with Crippen LogP contribution >= 0.6 is 11.3 Å². The summed E-state index contributed by atoms with van der Waals surface area (Å²) in [6, 6.07) is 7.20. The van der Waals surface area contributed by atoms with Crippen molar-refractivity contribution >= 4 is 22.4 Å². The second-order valence-corrected chi connectivity index (χ2v) is 6.21. The smallest absolute Gasteiger partial charge is 0.277 e. The summed E-state index contributed by atoms with van der Waals surface area (Å²) in [5.74, 6) is 1.06. The van der Waals surface area contributed by atoms with Crippen molar-refractivity contribution < 1.29 is 14.3 Å². The second kappa shape index (κ2) is 6.94. The molecule has 0 fully saturated rings. The van der Waals surface area contributed by atoms with Gasteiger partial charge in [0.2, 0.25) is 0 Å². The number of benzene rings is 1. The molecule has 0 saturated carbocycles. The zero-order chi connectivity index (χ0) is 18.0. The maximum Gasteiger partial charge on any atom is 0.277 e. The van der Waals surface area contributed by atoms with Crippen LogP contribution in [-0.2, 0) is 7.05 Å². The van der Waals surface area contributed by atoms with Crippen LogP contribution in [0, 0.1) is 6.92 Å². The van der Waals surface area contributed by atoms with Gasteiger partial charge in [-0.3, -0.25) is 14.8 Å². The first kappa shape index (κ1) is 17.0. The van der Waals surface area contributed by atoms with Crippen LogP contribution < -0.4 is 14.8 Å². The number of hydrogen-bond donors (Lipinski definition) is 1. The molecule has 0 bridgehead atoms. The van der Waals surface area contributed by atoms with Gasteiger partial charge in [-0.1, -0.05) is 0 Å². The number of nitrogens with zero attached hydrogens (tertiary/aromatic N) is 3. The summed E-state index contributed by atoms with van der Waals surface area (Å²) in [6.45, 7) is 1.88. The van der Waals surface area contributed by atoms with Crippen LogP contribution in [0.1, 0.15) is 16.2 Å². The molecule has 0 radical (unpaired) electrons. The lowest BCUT2D eigenvalue weighted by Crippen LogP contribution is -2.12. The topological polar surface area (TPSA) is 78.3 Å². The number of ether oxygens (including phenoxy) is 2. The van der Waals surface area contributed by atoms with E-state index < -0.39 is 0 Å². The Balaban J connectivity index is 1.93. The van der Waals surface area contributed by atoms with E-state index >= 15 is 0 Å². The van der Waals surface area contributed by atoms with E-state index in [2.05, 4.69) is 15.4 Å². The van der Waals surface area contributed by atoms with E-state index in [-0.39, 0.29) is 5.91 Å². The maximum absolute atomic E-state index is 12.4. The molecule has 2 heterocycles. The van der Waals surface area contributed by atoms with Crippen molar-refractivity contribution in [3.05, 3.63) is 41.0 Å². The molecule has 25 heavy (non-hydrogen) atoms. The van der Waals surface area contributed by atoms with Gasteiger partial charge in [0.25, 0.3) is 5.91 Å². The Kier molecular flexibility index (Phi) is 4.71. The van der Waals surface area contributed by atoms with Gasteiger partial charge in [0.1, 0.15) is 11.5 Å². The van der Waals surface area contributed by atoms with Gasteiger partial charge in [-0.2, -0.15) is 5.10 Å². The summed E-state index contributed by atoms with van der Waals surface area (Å²) >= 11 is 1.38. The second-order valence-electron chi connectivity index (χ2n) is 5.35. The number of carbonyl (C=O) groups excluding carboxylic acids is 1.